The van der Waals surface area contributed by atoms with Gasteiger partial charge >= 0.3 is 0 Å². The van der Waals surface area contributed by atoms with E-state index in [9.17, 15) is 9.59 Å². The number of rotatable bonds is 6. The average molecular weight is 470 g/mol. The van der Waals surface area contributed by atoms with Gasteiger partial charge in [-0.2, -0.15) is 5.10 Å². The van der Waals surface area contributed by atoms with Gasteiger partial charge < -0.3 is 5.32 Å². The standard InChI is InChI=1S/C18H17ClIN3O2/c1-12(22-23-18(25)14-4-8-16(20)9-5-14)10-17(24)21-11-13-2-6-15(19)7-3-13/h2-9H,10-11H2,1H3,(H,21,24)(H,23,25)/b22-12-. The Kier molecular flexibility index (Phi) is 7.39. The molecule has 0 bridgehead atoms. The number of hydrogen-bond donors (Lipinski definition) is 2. The zero-order valence-corrected chi connectivity index (χ0v) is 16.5. The maximum atomic E-state index is 12.0. The van der Waals surface area contributed by atoms with Crippen LogP contribution >= 0.6 is 34.2 Å². The van der Waals surface area contributed by atoms with Gasteiger partial charge in [0.1, 0.15) is 0 Å². The van der Waals surface area contributed by atoms with Crippen molar-refractivity contribution in [2.45, 2.75) is 19.9 Å². The number of amides is 2. The van der Waals surface area contributed by atoms with Crippen LogP contribution in [0.15, 0.2) is 53.6 Å². The van der Waals surface area contributed by atoms with Gasteiger partial charge in [-0.15, -0.1) is 0 Å². The highest BCUT2D eigenvalue weighted by molar-refractivity contribution is 14.1. The summed E-state index contributed by atoms with van der Waals surface area (Å²) in [5, 5.41) is 7.42. The SMILES string of the molecule is C/C(CC(=O)NCc1ccc(Cl)cc1)=N/NC(=O)c1ccc(I)cc1. The fraction of sp³-hybridized carbons (Fsp3) is 0.167. The predicted octanol–water partition coefficient (Wildman–Crippen LogP) is 3.76. The average Bonchev–Trinajstić information content (AvgIpc) is 2.60. The van der Waals surface area contributed by atoms with E-state index in [1.807, 2.05) is 24.3 Å². The van der Waals surface area contributed by atoms with E-state index in [0.29, 0.717) is 22.8 Å². The Balaban J connectivity index is 1.79. The molecule has 2 rings (SSSR count). The van der Waals surface area contributed by atoms with Crippen molar-refractivity contribution >= 4 is 51.7 Å². The van der Waals surface area contributed by atoms with Crippen molar-refractivity contribution in [2.75, 3.05) is 0 Å². The molecule has 0 atom stereocenters. The van der Waals surface area contributed by atoms with Gasteiger partial charge in [0.05, 0.1) is 6.42 Å². The molecule has 0 unspecified atom stereocenters. The van der Waals surface area contributed by atoms with Crippen LogP contribution < -0.4 is 10.7 Å². The first-order chi connectivity index (χ1) is 11.9. The predicted molar refractivity (Wildman–Crippen MR) is 108 cm³/mol. The lowest BCUT2D eigenvalue weighted by molar-refractivity contribution is -0.120. The molecule has 130 valence electrons. The van der Waals surface area contributed by atoms with Crippen LogP contribution in [0.1, 0.15) is 29.3 Å². The molecule has 2 aromatic carbocycles. The van der Waals surface area contributed by atoms with Crippen LogP contribution in [0.2, 0.25) is 5.02 Å². The molecule has 0 aliphatic heterocycles. The molecule has 5 nitrogen and oxygen atoms in total. The molecule has 0 aliphatic carbocycles. The Morgan fingerprint density at radius 2 is 1.72 bits per heavy atom. The number of benzene rings is 2. The first-order valence-electron chi connectivity index (χ1n) is 7.54. The second-order valence-electron chi connectivity index (χ2n) is 5.37. The van der Waals surface area contributed by atoms with Gasteiger partial charge in [-0.05, 0) is 71.5 Å². The number of hydrogen-bond acceptors (Lipinski definition) is 3. The van der Waals surface area contributed by atoms with Crippen LogP contribution in [-0.4, -0.2) is 17.5 Å². The van der Waals surface area contributed by atoms with Crippen molar-refractivity contribution in [1.82, 2.24) is 10.7 Å². The lowest BCUT2D eigenvalue weighted by Gasteiger charge is -2.06. The largest absolute Gasteiger partial charge is 0.352 e. The van der Waals surface area contributed by atoms with E-state index < -0.39 is 0 Å². The summed E-state index contributed by atoms with van der Waals surface area (Å²) in [4.78, 5) is 23.9. The second-order valence-corrected chi connectivity index (χ2v) is 7.06. The Hall–Kier alpha value is -1.93. The normalized spacial score (nSPS) is 11.1. The molecular weight excluding hydrogens is 453 g/mol. The van der Waals surface area contributed by atoms with Crippen LogP contribution in [0.25, 0.3) is 0 Å². The van der Waals surface area contributed by atoms with Gasteiger partial charge in [0.25, 0.3) is 5.91 Å². The van der Waals surface area contributed by atoms with E-state index in [1.165, 1.54) is 0 Å². The maximum Gasteiger partial charge on any atom is 0.271 e. The van der Waals surface area contributed by atoms with E-state index in [0.717, 1.165) is 9.13 Å². The molecule has 0 saturated heterocycles. The van der Waals surface area contributed by atoms with E-state index >= 15 is 0 Å². The summed E-state index contributed by atoms with van der Waals surface area (Å²) >= 11 is 7.99. The zero-order chi connectivity index (χ0) is 18.2. The number of hydrazone groups is 1. The number of nitrogens with one attached hydrogen (secondary N) is 2. The molecule has 0 heterocycles. The van der Waals surface area contributed by atoms with Crippen LogP contribution in [0.4, 0.5) is 0 Å². The number of carbonyl (C=O) groups excluding carboxylic acids is 2. The molecule has 25 heavy (non-hydrogen) atoms. The van der Waals surface area contributed by atoms with Crippen LogP contribution in [0.5, 0.6) is 0 Å². The van der Waals surface area contributed by atoms with E-state index in [2.05, 4.69) is 38.4 Å². The highest BCUT2D eigenvalue weighted by Crippen LogP contribution is 2.09. The summed E-state index contributed by atoms with van der Waals surface area (Å²) < 4.78 is 1.05. The summed E-state index contributed by atoms with van der Waals surface area (Å²) in [5.41, 5.74) is 4.45. The van der Waals surface area contributed by atoms with Crippen LogP contribution in [0.3, 0.4) is 0 Å². The minimum atomic E-state index is -0.308. The molecule has 0 spiro atoms. The van der Waals surface area contributed by atoms with Gasteiger partial charge in [-0.1, -0.05) is 23.7 Å². The summed E-state index contributed by atoms with van der Waals surface area (Å²) in [6.45, 7) is 2.11. The third kappa shape index (κ3) is 6.83. The van der Waals surface area contributed by atoms with Crippen molar-refractivity contribution in [3.05, 3.63) is 68.3 Å². The molecule has 0 fully saturated rings. The summed E-state index contributed by atoms with van der Waals surface area (Å²) in [5.74, 6) is -0.475. The first-order valence-corrected chi connectivity index (χ1v) is 9.00. The monoisotopic (exact) mass is 469 g/mol. The van der Waals surface area contributed by atoms with Crippen molar-refractivity contribution in [3.63, 3.8) is 0 Å². The number of carbonyl (C=O) groups is 2. The minimum absolute atomic E-state index is 0.112. The molecule has 0 aromatic heterocycles. The van der Waals surface area contributed by atoms with Crippen molar-refractivity contribution in [3.8, 4) is 0 Å². The molecular formula is C18H17ClIN3O2. The molecule has 2 amide bonds. The lowest BCUT2D eigenvalue weighted by atomic mass is 10.2. The summed E-state index contributed by atoms with van der Waals surface area (Å²) in [6.07, 6.45) is 0.112. The second kappa shape index (κ2) is 9.53. The van der Waals surface area contributed by atoms with Crippen LogP contribution in [0, 0.1) is 3.57 Å². The number of nitrogens with zero attached hydrogens (tertiary/aromatic N) is 1. The fourth-order valence-corrected chi connectivity index (χ4v) is 2.43. The van der Waals surface area contributed by atoms with Gasteiger partial charge in [0.2, 0.25) is 5.91 Å². The molecule has 0 radical (unpaired) electrons. The van der Waals surface area contributed by atoms with Gasteiger partial charge in [-0.3, -0.25) is 9.59 Å². The summed E-state index contributed by atoms with van der Waals surface area (Å²) in [7, 11) is 0. The molecule has 2 aromatic rings. The molecule has 0 saturated carbocycles. The highest BCUT2D eigenvalue weighted by Gasteiger charge is 2.06. The highest BCUT2D eigenvalue weighted by atomic mass is 127. The molecule has 2 N–H and O–H groups in total. The Bertz CT molecular complexity index is 774. The van der Waals surface area contributed by atoms with Crippen molar-refractivity contribution in [2.24, 2.45) is 5.10 Å². The maximum absolute atomic E-state index is 12.0. The molecule has 7 heteroatoms. The smallest absolute Gasteiger partial charge is 0.271 e. The quantitative estimate of drug-likeness (QED) is 0.384. The Labute approximate surface area is 165 Å². The third-order valence-corrected chi connectivity index (χ3v) is 4.25. The van der Waals surface area contributed by atoms with Crippen molar-refractivity contribution in [1.29, 1.82) is 0 Å². The van der Waals surface area contributed by atoms with Gasteiger partial charge in [-0.25, -0.2) is 5.43 Å². The third-order valence-electron chi connectivity index (χ3n) is 3.27. The topological polar surface area (TPSA) is 70.6 Å². The van der Waals surface area contributed by atoms with Crippen LogP contribution in [-0.2, 0) is 11.3 Å². The van der Waals surface area contributed by atoms with E-state index in [4.69, 9.17) is 11.6 Å². The summed E-state index contributed by atoms with van der Waals surface area (Å²) in [6, 6.07) is 14.4. The van der Waals surface area contributed by atoms with Crippen molar-refractivity contribution < 1.29 is 9.59 Å². The Morgan fingerprint density at radius 1 is 1.08 bits per heavy atom. The fourth-order valence-electron chi connectivity index (χ4n) is 1.95. The first kappa shape index (κ1) is 19.4. The van der Waals surface area contributed by atoms with E-state index in [-0.39, 0.29) is 18.2 Å². The minimum Gasteiger partial charge on any atom is -0.352 e. The van der Waals surface area contributed by atoms with E-state index in [1.54, 1.807) is 31.2 Å². The van der Waals surface area contributed by atoms with Gasteiger partial charge in [0.15, 0.2) is 0 Å². The molecule has 0 aliphatic rings. The Morgan fingerprint density at radius 3 is 2.36 bits per heavy atom. The lowest BCUT2D eigenvalue weighted by Crippen LogP contribution is -2.26. The van der Waals surface area contributed by atoms with Gasteiger partial charge in [0, 0.05) is 26.4 Å². The zero-order valence-electron chi connectivity index (χ0n) is 13.6. The number of halogens is 2.